The second-order valence-electron chi connectivity index (χ2n) is 6.01. The van der Waals surface area contributed by atoms with Gasteiger partial charge in [0.25, 0.3) is 17.6 Å². The van der Waals surface area contributed by atoms with Crippen molar-refractivity contribution < 1.29 is 14.4 Å². The molecule has 0 fully saturated rings. The molecule has 7 nitrogen and oxygen atoms in total. The highest BCUT2D eigenvalue weighted by Gasteiger charge is 2.24. The zero-order valence-electron chi connectivity index (χ0n) is 15.8. The SMILES string of the molecule is CCN(CC)C(=O)c1cccc(NC(=O)C(=O)c2c(C)nn(C)c2C)c1. The minimum Gasteiger partial charge on any atom is -0.339 e. The molecule has 1 N–H and O–H groups in total. The molecule has 26 heavy (non-hydrogen) atoms. The van der Waals surface area contributed by atoms with Gasteiger partial charge >= 0.3 is 0 Å². The van der Waals surface area contributed by atoms with Crippen molar-refractivity contribution >= 4 is 23.3 Å². The molecule has 0 radical (unpaired) electrons. The highest BCUT2D eigenvalue weighted by atomic mass is 16.2. The Morgan fingerprint density at radius 3 is 2.35 bits per heavy atom. The number of amides is 2. The van der Waals surface area contributed by atoms with Gasteiger partial charge in [0.2, 0.25) is 0 Å². The van der Waals surface area contributed by atoms with E-state index in [1.165, 1.54) is 0 Å². The average Bonchev–Trinajstić information content (AvgIpc) is 2.87. The maximum absolute atomic E-state index is 12.5. The minimum absolute atomic E-state index is 0.114. The van der Waals surface area contributed by atoms with Crippen molar-refractivity contribution in [2.75, 3.05) is 18.4 Å². The minimum atomic E-state index is -0.753. The van der Waals surface area contributed by atoms with E-state index < -0.39 is 11.7 Å². The normalized spacial score (nSPS) is 10.5. The van der Waals surface area contributed by atoms with Crippen LogP contribution in [0.1, 0.15) is 46.0 Å². The van der Waals surface area contributed by atoms with E-state index in [2.05, 4.69) is 10.4 Å². The first-order valence-electron chi connectivity index (χ1n) is 8.55. The summed E-state index contributed by atoms with van der Waals surface area (Å²) in [5.74, 6) is -1.51. The lowest BCUT2D eigenvalue weighted by Crippen LogP contribution is -2.30. The third kappa shape index (κ3) is 3.82. The molecule has 0 unspecified atom stereocenters. The number of carbonyl (C=O) groups is 3. The van der Waals surface area contributed by atoms with Gasteiger partial charge in [-0.25, -0.2) is 0 Å². The molecule has 0 aliphatic heterocycles. The highest BCUT2D eigenvalue weighted by molar-refractivity contribution is 6.47. The van der Waals surface area contributed by atoms with E-state index in [9.17, 15) is 14.4 Å². The fourth-order valence-corrected chi connectivity index (χ4v) is 2.83. The maximum Gasteiger partial charge on any atom is 0.296 e. The summed E-state index contributed by atoms with van der Waals surface area (Å²) in [7, 11) is 1.72. The van der Waals surface area contributed by atoms with E-state index in [1.54, 1.807) is 54.7 Å². The molecular weight excluding hydrogens is 332 g/mol. The molecule has 0 saturated heterocycles. The fraction of sp³-hybridized carbons (Fsp3) is 0.368. The van der Waals surface area contributed by atoms with Crippen molar-refractivity contribution in [3.8, 4) is 0 Å². The van der Waals surface area contributed by atoms with E-state index in [0.717, 1.165) is 0 Å². The zero-order valence-corrected chi connectivity index (χ0v) is 15.8. The second kappa shape index (κ2) is 7.95. The summed E-state index contributed by atoms with van der Waals surface area (Å²) in [6.45, 7) is 8.45. The average molecular weight is 356 g/mol. The number of aromatic nitrogens is 2. The van der Waals surface area contributed by atoms with Crippen LogP contribution in [0.3, 0.4) is 0 Å². The Bertz CT molecular complexity index is 850. The van der Waals surface area contributed by atoms with Crippen LogP contribution >= 0.6 is 0 Å². The molecule has 1 heterocycles. The van der Waals surface area contributed by atoms with Crippen LogP contribution in [0.25, 0.3) is 0 Å². The van der Waals surface area contributed by atoms with Gasteiger partial charge in [-0.05, 0) is 45.9 Å². The molecule has 138 valence electrons. The number of nitrogens with one attached hydrogen (secondary N) is 1. The molecule has 0 aliphatic rings. The monoisotopic (exact) mass is 356 g/mol. The lowest BCUT2D eigenvalue weighted by Gasteiger charge is -2.19. The van der Waals surface area contributed by atoms with Crippen molar-refractivity contribution in [3.63, 3.8) is 0 Å². The predicted molar refractivity (Wildman–Crippen MR) is 99.3 cm³/mol. The number of nitrogens with zero attached hydrogens (tertiary/aromatic N) is 3. The number of anilines is 1. The van der Waals surface area contributed by atoms with Gasteiger partial charge in [0, 0.05) is 37.1 Å². The second-order valence-corrected chi connectivity index (χ2v) is 6.01. The van der Waals surface area contributed by atoms with Crippen LogP contribution in [-0.4, -0.2) is 45.4 Å². The summed E-state index contributed by atoms with van der Waals surface area (Å²) < 4.78 is 1.57. The summed E-state index contributed by atoms with van der Waals surface area (Å²) in [5.41, 5.74) is 2.32. The number of carbonyl (C=O) groups excluding carboxylic acids is 3. The van der Waals surface area contributed by atoms with Gasteiger partial charge in [-0.2, -0.15) is 5.10 Å². The van der Waals surface area contributed by atoms with Crippen LogP contribution < -0.4 is 5.32 Å². The van der Waals surface area contributed by atoms with E-state index >= 15 is 0 Å². The number of benzene rings is 1. The first-order valence-corrected chi connectivity index (χ1v) is 8.55. The topological polar surface area (TPSA) is 84.3 Å². The molecule has 0 aliphatic carbocycles. The van der Waals surface area contributed by atoms with Gasteiger partial charge in [0.15, 0.2) is 0 Å². The van der Waals surface area contributed by atoms with Gasteiger partial charge in [0.1, 0.15) is 0 Å². The Morgan fingerprint density at radius 2 is 1.81 bits per heavy atom. The van der Waals surface area contributed by atoms with Crippen LogP contribution in [0.5, 0.6) is 0 Å². The number of hydrogen-bond acceptors (Lipinski definition) is 4. The molecule has 0 bridgehead atoms. The largest absolute Gasteiger partial charge is 0.339 e. The smallest absolute Gasteiger partial charge is 0.296 e. The molecule has 2 rings (SSSR count). The van der Waals surface area contributed by atoms with Crippen molar-refractivity contribution in [3.05, 3.63) is 46.8 Å². The maximum atomic E-state index is 12.5. The third-order valence-electron chi connectivity index (χ3n) is 4.36. The van der Waals surface area contributed by atoms with Crippen molar-refractivity contribution in [2.24, 2.45) is 7.05 Å². The van der Waals surface area contributed by atoms with Crippen LogP contribution in [-0.2, 0) is 11.8 Å². The van der Waals surface area contributed by atoms with Gasteiger partial charge in [-0.1, -0.05) is 6.07 Å². The molecule has 1 aromatic heterocycles. The number of rotatable bonds is 6. The third-order valence-corrected chi connectivity index (χ3v) is 4.36. The Morgan fingerprint density at radius 1 is 1.15 bits per heavy atom. The Hall–Kier alpha value is -2.96. The molecule has 2 aromatic rings. The molecule has 0 atom stereocenters. The standard InChI is InChI=1S/C19H24N4O3/c1-6-23(7-2)19(26)14-9-8-10-15(11-14)20-18(25)17(24)16-12(3)21-22(5)13(16)4/h8-11H,6-7H2,1-5H3,(H,20,25). The van der Waals surface area contributed by atoms with E-state index in [1.807, 2.05) is 13.8 Å². The summed E-state index contributed by atoms with van der Waals surface area (Å²) in [6.07, 6.45) is 0. The lowest BCUT2D eigenvalue weighted by atomic mass is 10.1. The first-order chi connectivity index (χ1) is 12.3. The Balaban J connectivity index is 2.20. The number of aryl methyl sites for hydroxylation is 2. The number of ketones is 1. The van der Waals surface area contributed by atoms with Gasteiger partial charge in [-0.3, -0.25) is 19.1 Å². The van der Waals surface area contributed by atoms with Crippen LogP contribution in [0.15, 0.2) is 24.3 Å². The van der Waals surface area contributed by atoms with Crippen LogP contribution in [0.2, 0.25) is 0 Å². The van der Waals surface area contributed by atoms with E-state index in [-0.39, 0.29) is 5.91 Å². The van der Waals surface area contributed by atoms with Crippen LogP contribution in [0.4, 0.5) is 5.69 Å². The van der Waals surface area contributed by atoms with E-state index in [0.29, 0.717) is 41.3 Å². The number of Topliss-reactive ketones (excluding diaryl/α,β-unsaturated/α-hetero) is 1. The van der Waals surface area contributed by atoms with Gasteiger partial charge < -0.3 is 10.2 Å². The summed E-state index contributed by atoms with van der Waals surface area (Å²) in [4.78, 5) is 39.0. The van der Waals surface area contributed by atoms with Crippen LogP contribution in [0, 0.1) is 13.8 Å². The van der Waals surface area contributed by atoms with Crippen molar-refractivity contribution in [1.29, 1.82) is 0 Å². The molecule has 1 aromatic carbocycles. The molecular formula is C19H24N4O3. The van der Waals surface area contributed by atoms with E-state index in [4.69, 9.17) is 0 Å². The molecule has 0 saturated carbocycles. The summed E-state index contributed by atoms with van der Waals surface area (Å²) in [5, 5.41) is 6.74. The Kier molecular flexibility index (Phi) is 5.92. The predicted octanol–water partition coefficient (Wildman–Crippen LogP) is 2.34. The van der Waals surface area contributed by atoms with Crippen molar-refractivity contribution in [1.82, 2.24) is 14.7 Å². The first kappa shape index (κ1) is 19.4. The number of hydrogen-bond donors (Lipinski definition) is 1. The van der Waals surface area contributed by atoms with Crippen molar-refractivity contribution in [2.45, 2.75) is 27.7 Å². The Labute approximate surface area is 153 Å². The highest BCUT2D eigenvalue weighted by Crippen LogP contribution is 2.16. The molecule has 2 amide bonds. The molecule has 7 heteroatoms. The summed E-state index contributed by atoms with van der Waals surface area (Å²) in [6, 6.07) is 6.59. The summed E-state index contributed by atoms with van der Waals surface area (Å²) >= 11 is 0. The fourth-order valence-electron chi connectivity index (χ4n) is 2.83. The molecule has 0 spiro atoms. The zero-order chi connectivity index (χ0) is 19.4. The lowest BCUT2D eigenvalue weighted by molar-refractivity contribution is -0.112. The van der Waals surface area contributed by atoms with Gasteiger partial charge in [0.05, 0.1) is 11.3 Å². The van der Waals surface area contributed by atoms with Gasteiger partial charge in [-0.15, -0.1) is 0 Å². The quantitative estimate of drug-likeness (QED) is 0.636.